The normalized spacial score (nSPS) is 18.2. The molecule has 94 valence electrons. The Hall–Kier alpha value is -1.11. The summed E-state index contributed by atoms with van der Waals surface area (Å²) >= 11 is 1.35. The highest BCUT2D eigenvalue weighted by molar-refractivity contribution is 8.00. The van der Waals surface area contributed by atoms with Gasteiger partial charge in [-0.25, -0.2) is 4.68 Å². The average molecular weight is 256 g/mol. The molecule has 1 heterocycles. The average Bonchev–Trinajstić information content (AvgIpc) is 2.97. The number of hydrogen-bond acceptors (Lipinski definition) is 6. The van der Waals surface area contributed by atoms with Gasteiger partial charge in [0, 0.05) is 0 Å². The van der Waals surface area contributed by atoms with E-state index in [-0.39, 0.29) is 11.2 Å². The van der Waals surface area contributed by atoms with Crippen molar-refractivity contribution in [1.29, 1.82) is 0 Å². The largest absolute Gasteiger partial charge is 0.468 e. The van der Waals surface area contributed by atoms with Crippen molar-refractivity contribution in [2.45, 2.75) is 49.1 Å². The number of rotatable bonds is 4. The summed E-state index contributed by atoms with van der Waals surface area (Å²) in [5.41, 5.74) is 0. The van der Waals surface area contributed by atoms with E-state index in [9.17, 15) is 4.79 Å². The number of nitrogens with zero attached hydrogens (tertiary/aromatic N) is 4. The predicted molar refractivity (Wildman–Crippen MR) is 62.7 cm³/mol. The highest BCUT2D eigenvalue weighted by Crippen LogP contribution is 2.32. The minimum absolute atomic E-state index is 0.254. The van der Waals surface area contributed by atoms with Gasteiger partial charge in [-0.3, -0.25) is 4.79 Å². The second-order valence-corrected chi connectivity index (χ2v) is 5.44. The van der Waals surface area contributed by atoms with Crippen molar-refractivity contribution in [3.63, 3.8) is 0 Å². The summed E-state index contributed by atoms with van der Waals surface area (Å²) in [5, 5.41) is 12.1. The van der Waals surface area contributed by atoms with Crippen LogP contribution < -0.4 is 0 Å². The Morgan fingerprint density at radius 3 is 2.88 bits per heavy atom. The molecule has 0 unspecified atom stereocenters. The van der Waals surface area contributed by atoms with Crippen molar-refractivity contribution >= 4 is 17.7 Å². The second kappa shape index (κ2) is 5.48. The van der Waals surface area contributed by atoms with Crippen molar-refractivity contribution in [2.75, 3.05) is 7.11 Å². The smallest absolute Gasteiger partial charge is 0.318 e. The van der Waals surface area contributed by atoms with E-state index in [1.54, 1.807) is 6.92 Å². The zero-order valence-electron chi connectivity index (χ0n) is 10.00. The zero-order valence-corrected chi connectivity index (χ0v) is 10.8. The van der Waals surface area contributed by atoms with E-state index in [2.05, 4.69) is 20.3 Å². The second-order valence-electron chi connectivity index (χ2n) is 4.13. The molecule has 0 aromatic carbocycles. The number of carbonyl (C=O) groups excluding carboxylic acids is 1. The molecule has 0 aliphatic heterocycles. The van der Waals surface area contributed by atoms with Crippen LogP contribution in [-0.4, -0.2) is 38.5 Å². The number of thioether (sulfide) groups is 1. The first-order chi connectivity index (χ1) is 8.22. The first-order valence-electron chi connectivity index (χ1n) is 5.74. The molecule has 0 saturated heterocycles. The van der Waals surface area contributed by atoms with Gasteiger partial charge in [-0.15, -0.1) is 5.10 Å². The maximum absolute atomic E-state index is 11.3. The maximum atomic E-state index is 11.3. The Bertz CT molecular complexity index is 389. The number of aromatic nitrogens is 4. The Labute approximate surface area is 104 Å². The van der Waals surface area contributed by atoms with Gasteiger partial charge in [-0.2, -0.15) is 0 Å². The van der Waals surface area contributed by atoms with Crippen LogP contribution in [0.1, 0.15) is 38.6 Å². The van der Waals surface area contributed by atoms with Crippen molar-refractivity contribution < 1.29 is 9.53 Å². The molecule has 0 N–H and O–H groups in total. The Balaban J connectivity index is 2.05. The lowest BCUT2D eigenvalue weighted by Crippen LogP contribution is -2.17. The molecule has 2 rings (SSSR count). The number of tetrazole rings is 1. The highest BCUT2D eigenvalue weighted by atomic mass is 32.2. The van der Waals surface area contributed by atoms with Crippen molar-refractivity contribution in [3.05, 3.63) is 0 Å². The molecule has 6 nitrogen and oxygen atoms in total. The molecule has 1 aliphatic rings. The van der Waals surface area contributed by atoms with Crippen molar-refractivity contribution in [1.82, 2.24) is 20.2 Å². The minimum atomic E-state index is -0.286. The van der Waals surface area contributed by atoms with Gasteiger partial charge in [0.15, 0.2) is 0 Å². The van der Waals surface area contributed by atoms with Crippen LogP contribution in [0.15, 0.2) is 5.16 Å². The van der Waals surface area contributed by atoms with E-state index in [4.69, 9.17) is 0 Å². The van der Waals surface area contributed by atoms with Gasteiger partial charge in [0.05, 0.1) is 13.2 Å². The first kappa shape index (κ1) is 12.3. The van der Waals surface area contributed by atoms with Gasteiger partial charge in [-0.1, -0.05) is 24.6 Å². The lowest BCUT2D eigenvalue weighted by molar-refractivity contribution is -0.139. The monoisotopic (exact) mass is 256 g/mol. The lowest BCUT2D eigenvalue weighted by Gasteiger charge is -2.12. The van der Waals surface area contributed by atoms with E-state index < -0.39 is 0 Å². The van der Waals surface area contributed by atoms with Gasteiger partial charge >= 0.3 is 5.97 Å². The molecule has 1 fully saturated rings. The van der Waals surface area contributed by atoms with Crippen LogP contribution in [0, 0.1) is 0 Å². The Kier molecular flexibility index (Phi) is 3.98. The van der Waals surface area contributed by atoms with Crippen LogP contribution in [0.25, 0.3) is 0 Å². The fourth-order valence-corrected chi connectivity index (χ4v) is 2.90. The summed E-state index contributed by atoms with van der Waals surface area (Å²) in [6, 6.07) is 0.386. The quantitative estimate of drug-likeness (QED) is 0.599. The molecule has 17 heavy (non-hydrogen) atoms. The van der Waals surface area contributed by atoms with Crippen LogP contribution in [0.3, 0.4) is 0 Å². The molecule has 0 spiro atoms. The SMILES string of the molecule is COC(=O)[C@H](C)Sc1nnnn1C1CCCC1. The molecule has 7 heteroatoms. The molecular weight excluding hydrogens is 240 g/mol. The Morgan fingerprint density at radius 2 is 2.24 bits per heavy atom. The topological polar surface area (TPSA) is 69.9 Å². The number of carbonyl (C=O) groups is 1. The molecule has 1 atom stereocenters. The van der Waals surface area contributed by atoms with Gasteiger partial charge < -0.3 is 4.74 Å². The molecule has 1 saturated carbocycles. The summed E-state index contributed by atoms with van der Waals surface area (Å²) in [6.45, 7) is 1.80. The highest BCUT2D eigenvalue weighted by Gasteiger charge is 2.24. The summed E-state index contributed by atoms with van der Waals surface area (Å²) in [4.78, 5) is 11.3. The van der Waals surface area contributed by atoms with E-state index in [0.717, 1.165) is 12.8 Å². The molecular formula is C10H16N4O2S. The third-order valence-corrected chi connectivity index (χ3v) is 3.97. The zero-order chi connectivity index (χ0) is 12.3. The summed E-state index contributed by atoms with van der Waals surface area (Å²) in [6.07, 6.45) is 4.68. The van der Waals surface area contributed by atoms with E-state index >= 15 is 0 Å². The molecule has 1 aromatic heterocycles. The molecule has 0 bridgehead atoms. The number of methoxy groups -OCH3 is 1. The minimum Gasteiger partial charge on any atom is -0.468 e. The number of hydrogen-bond donors (Lipinski definition) is 0. The fraction of sp³-hybridized carbons (Fsp3) is 0.800. The summed E-state index contributed by atoms with van der Waals surface area (Å²) < 4.78 is 6.53. The predicted octanol–water partition coefficient (Wildman–Crippen LogP) is 1.44. The number of esters is 1. The molecule has 1 aromatic rings. The van der Waals surface area contributed by atoms with Crippen molar-refractivity contribution in [2.24, 2.45) is 0 Å². The van der Waals surface area contributed by atoms with E-state index in [1.165, 1.54) is 31.7 Å². The first-order valence-corrected chi connectivity index (χ1v) is 6.62. The number of ether oxygens (including phenoxy) is 1. The van der Waals surface area contributed by atoms with E-state index in [0.29, 0.717) is 11.2 Å². The van der Waals surface area contributed by atoms with Gasteiger partial charge in [0.25, 0.3) is 0 Å². The van der Waals surface area contributed by atoms with Gasteiger partial charge in [-0.05, 0) is 30.2 Å². The molecule has 0 amide bonds. The van der Waals surface area contributed by atoms with Crippen LogP contribution in [-0.2, 0) is 9.53 Å². The van der Waals surface area contributed by atoms with Crippen LogP contribution in [0.4, 0.5) is 0 Å². The maximum Gasteiger partial charge on any atom is 0.318 e. The standard InChI is InChI=1S/C10H16N4O2S/c1-7(9(15)16-2)17-10-11-12-13-14(10)8-5-3-4-6-8/h7-8H,3-6H2,1-2H3/t7-/m0/s1. The third kappa shape index (κ3) is 2.77. The van der Waals surface area contributed by atoms with Crippen LogP contribution in [0.5, 0.6) is 0 Å². The third-order valence-electron chi connectivity index (χ3n) is 2.95. The van der Waals surface area contributed by atoms with Crippen LogP contribution in [0.2, 0.25) is 0 Å². The Morgan fingerprint density at radius 1 is 1.53 bits per heavy atom. The van der Waals surface area contributed by atoms with Crippen LogP contribution >= 0.6 is 11.8 Å². The van der Waals surface area contributed by atoms with E-state index in [1.807, 2.05) is 4.68 Å². The van der Waals surface area contributed by atoms with Crippen molar-refractivity contribution in [3.8, 4) is 0 Å². The van der Waals surface area contributed by atoms with Gasteiger partial charge in [0.2, 0.25) is 5.16 Å². The molecule has 0 radical (unpaired) electrons. The lowest BCUT2D eigenvalue weighted by atomic mass is 10.3. The van der Waals surface area contributed by atoms with Gasteiger partial charge in [0.1, 0.15) is 5.25 Å². The summed E-state index contributed by atoms with van der Waals surface area (Å²) in [5.74, 6) is -0.254. The summed E-state index contributed by atoms with van der Waals surface area (Å²) in [7, 11) is 1.39. The molecule has 1 aliphatic carbocycles. The fourth-order valence-electron chi connectivity index (χ4n) is 2.01.